The van der Waals surface area contributed by atoms with Crippen LogP contribution in [-0.4, -0.2) is 51.9 Å². The Morgan fingerprint density at radius 1 is 1.07 bits per heavy atom. The molecular weight excluding hydrogens is 345 g/mol. The van der Waals surface area contributed by atoms with Gasteiger partial charge in [-0.2, -0.15) is 4.98 Å². The van der Waals surface area contributed by atoms with Crippen LogP contribution >= 0.6 is 0 Å². The molecule has 5 nitrogen and oxygen atoms in total. The first-order chi connectivity index (χ1) is 13.2. The molecule has 1 aliphatic rings. The Hall–Kier alpha value is -2.44. The van der Waals surface area contributed by atoms with E-state index in [0.717, 1.165) is 49.1 Å². The summed E-state index contributed by atoms with van der Waals surface area (Å²) >= 11 is 0. The standard InChI is InChI=1S/C21H24FN3O2/c22-17-7-5-16(6-8-17)15-25-20-4-2-1-3-19(20)23-21(25)27-18-9-11-24(12-10-18)13-14-26/h1-8,18,26H,9-15H2. The number of halogens is 1. The van der Waals surface area contributed by atoms with E-state index >= 15 is 0 Å². The Kier molecular flexibility index (Phi) is 5.36. The SMILES string of the molecule is OCCN1CCC(Oc2nc3ccccc3n2Cc2ccc(F)cc2)CC1. The van der Waals surface area contributed by atoms with Crippen molar-refractivity contribution in [1.82, 2.24) is 14.5 Å². The summed E-state index contributed by atoms with van der Waals surface area (Å²) in [6.07, 6.45) is 1.95. The molecule has 1 aliphatic heterocycles. The molecule has 1 N–H and O–H groups in total. The van der Waals surface area contributed by atoms with Crippen LogP contribution in [0.3, 0.4) is 0 Å². The van der Waals surface area contributed by atoms with Crippen molar-refractivity contribution in [2.24, 2.45) is 0 Å². The lowest BCUT2D eigenvalue weighted by Crippen LogP contribution is -2.39. The average Bonchev–Trinajstić information content (AvgIpc) is 3.02. The van der Waals surface area contributed by atoms with E-state index in [1.165, 1.54) is 12.1 Å². The molecule has 1 aromatic heterocycles. The number of fused-ring (bicyclic) bond motifs is 1. The average molecular weight is 369 g/mol. The number of nitrogens with zero attached hydrogens (tertiary/aromatic N) is 3. The predicted octanol–water partition coefficient (Wildman–Crippen LogP) is 3.06. The number of piperidine rings is 1. The Morgan fingerprint density at radius 3 is 2.56 bits per heavy atom. The molecular formula is C21H24FN3O2. The number of hydrogen-bond donors (Lipinski definition) is 1. The fraction of sp³-hybridized carbons (Fsp3) is 0.381. The van der Waals surface area contributed by atoms with E-state index in [9.17, 15) is 4.39 Å². The third-order valence-corrected chi connectivity index (χ3v) is 5.10. The molecule has 0 saturated carbocycles. The highest BCUT2D eigenvalue weighted by atomic mass is 19.1. The van der Waals surface area contributed by atoms with Crippen LogP contribution < -0.4 is 4.74 Å². The second-order valence-electron chi connectivity index (χ2n) is 6.98. The Balaban J connectivity index is 1.56. The molecule has 142 valence electrons. The van der Waals surface area contributed by atoms with E-state index in [0.29, 0.717) is 12.6 Å². The van der Waals surface area contributed by atoms with Gasteiger partial charge in [-0.25, -0.2) is 4.39 Å². The molecule has 4 rings (SSSR count). The molecule has 0 radical (unpaired) electrons. The summed E-state index contributed by atoms with van der Waals surface area (Å²) in [6, 6.07) is 15.1. The minimum Gasteiger partial charge on any atom is -0.461 e. The highest BCUT2D eigenvalue weighted by Crippen LogP contribution is 2.25. The van der Waals surface area contributed by atoms with E-state index in [1.807, 2.05) is 24.3 Å². The molecule has 2 aromatic carbocycles. The molecule has 0 unspecified atom stereocenters. The first kappa shape index (κ1) is 17.9. The number of aliphatic hydroxyl groups is 1. The molecule has 6 heteroatoms. The van der Waals surface area contributed by atoms with Crippen LogP contribution in [-0.2, 0) is 6.54 Å². The van der Waals surface area contributed by atoms with Crippen LogP contribution in [0.2, 0.25) is 0 Å². The fourth-order valence-electron chi connectivity index (χ4n) is 3.61. The van der Waals surface area contributed by atoms with Gasteiger partial charge in [-0.05, 0) is 42.7 Å². The molecule has 2 heterocycles. The smallest absolute Gasteiger partial charge is 0.297 e. The van der Waals surface area contributed by atoms with Gasteiger partial charge in [-0.3, -0.25) is 4.57 Å². The zero-order chi connectivity index (χ0) is 18.6. The summed E-state index contributed by atoms with van der Waals surface area (Å²) in [5.74, 6) is -0.236. The molecule has 1 saturated heterocycles. The van der Waals surface area contributed by atoms with Gasteiger partial charge in [0.05, 0.1) is 24.2 Å². The summed E-state index contributed by atoms with van der Waals surface area (Å²) in [5, 5.41) is 9.08. The van der Waals surface area contributed by atoms with Gasteiger partial charge in [0, 0.05) is 19.6 Å². The first-order valence-electron chi connectivity index (χ1n) is 9.42. The minimum absolute atomic E-state index is 0.115. The molecule has 0 amide bonds. The maximum atomic E-state index is 13.2. The van der Waals surface area contributed by atoms with E-state index in [-0.39, 0.29) is 18.5 Å². The molecule has 0 atom stereocenters. The van der Waals surface area contributed by atoms with Crippen LogP contribution in [0.5, 0.6) is 6.01 Å². The molecule has 0 bridgehead atoms. The van der Waals surface area contributed by atoms with Gasteiger partial charge >= 0.3 is 0 Å². The molecule has 0 aliphatic carbocycles. The largest absolute Gasteiger partial charge is 0.461 e. The van der Waals surface area contributed by atoms with Crippen molar-refractivity contribution >= 4 is 11.0 Å². The summed E-state index contributed by atoms with van der Waals surface area (Å²) in [4.78, 5) is 6.94. The number of para-hydroxylation sites is 2. The van der Waals surface area contributed by atoms with Crippen LogP contribution in [0.25, 0.3) is 11.0 Å². The van der Waals surface area contributed by atoms with E-state index in [1.54, 1.807) is 12.1 Å². The highest BCUT2D eigenvalue weighted by Gasteiger charge is 2.22. The number of aromatic nitrogens is 2. The van der Waals surface area contributed by atoms with Gasteiger partial charge in [0.2, 0.25) is 0 Å². The number of ether oxygens (including phenoxy) is 1. The fourth-order valence-corrected chi connectivity index (χ4v) is 3.61. The highest BCUT2D eigenvalue weighted by molar-refractivity contribution is 5.76. The number of aliphatic hydroxyl groups excluding tert-OH is 1. The van der Waals surface area contributed by atoms with Crippen LogP contribution in [0.4, 0.5) is 4.39 Å². The quantitative estimate of drug-likeness (QED) is 0.726. The Morgan fingerprint density at radius 2 is 1.81 bits per heavy atom. The van der Waals surface area contributed by atoms with Gasteiger partial charge < -0.3 is 14.7 Å². The zero-order valence-corrected chi connectivity index (χ0v) is 15.2. The second-order valence-corrected chi connectivity index (χ2v) is 6.98. The Bertz CT molecular complexity index is 886. The van der Waals surface area contributed by atoms with Gasteiger partial charge in [0.15, 0.2) is 0 Å². The lowest BCUT2D eigenvalue weighted by molar-refractivity contribution is 0.0803. The van der Waals surface area contributed by atoms with Crippen molar-refractivity contribution in [1.29, 1.82) is 0 Å². The zero-order valence-electron chi connectivity index (χ0n) is 15.2. The van der Waals surface area contributed by atoms with Crippen molar-refractivity contribution in [3.63, 3.8) is 0 Å². The molecule has 27 heavy (non-hydrogen) atoms. The van der Waals surface area contributed by atoms with E-state index in [4.69, 9.17) is 9.84 Å². The maximum Gasteiger partial charge on any atom is 0.297 e. The second kappa shape index (κ2) is 8.06. The van der Waals surface area contributed by atoms with Crippen LogP contribution in [0.15, 0.2) is 48.5 Å². The normalized spacial score (nSPS) is 16.1. The lowest BCUT2D eigenvalue weighted by Gasteiger charge is -2.31. The van der Waals surface area contributed by atoms with Crippen LogP contribution in [0.1, 0.15) is 18.4 Å². The van der Waals surface area contributed by atoms with Gasteiger partial charge in [-0.1, -0.05) is 24.3 Å². The van der Waals surface area contributed by atoms with Gasteiger partial charge in [0.1, 0.15) is 11.9 Å². The number of rotatable bonds is 6. The third kappa shape index (κ3) is 4.12. The van der Waals surface area contributed by atoms with Gasteiger partial charge in [0.25, 0.3) is 6.01 Å². The van der Waals surface area contributed by atoms with Crippen molar-refractivity contribution in [3.05, 3.63) is 59.9 Å². The van der Waals surface area contributed by atoms with Crippen molar-refractivity contribution in [2.45, 2.75) is 25.5 Å². The van der Waals surface area contributed by atoms with Crippen LogP contribution in [0, 0.1) is 5.82 Å². The topological polar surface area (TPSA) is 50.5 Å². The molecule has 0 spiro atoms. The number of β-amino-alcohol motifs (C(OH)–C–C–N with tert-alkyl or cyclic N) is 1. The van der Waals surface area contributed by atoms with Crippen molar-refractivity contribution in [2.75, 3.05) is 26.2 Å². The molecule has 1 fully saturated rings. The number of likely N-dealkylation sites (tertiary alicyclic amines) is 1. The minimum atomic E-state index is -0.236. The summed E-state index contributed by atoms with van der Waals surface area (Å²) in [6.45, 7) is 3.33. The van der Waals surface area contributed by atoms with Crippen molar-refractivity contribution < 1.29 is 14.2 Å². The third-order valence-electron chi connectivity index (χ3n) is 5.10. The lowest BCUT2D eigenvalue weighted by atomic mass is 10.1. The number of benzene rings is 2. The maximum absolute atomic E-state index is 13.2. The van der Waals surface area contributed by atoms with E-state index < -0.39 is 0 Å². The summed E-state index contributed by atoms with van der Waals surface area (Å²) < 4.78 is 21.6. The predicted molar refractivity (Wildman–Crippen MR) is 102 cm³/mol. The van der Waals surface area contributed by atoms with E-state index in [2.05, 4.69) is 14.5 Å². The molecule has 3 aromatic rings. The van der Waals surface area contributed by atoms with Crippen molar-refractivity contribution in [3.8, 4) is 6.01 Å². The monoisotopic (exact) mass is 369 g/mol. The Labute approximate surface area is 158 Å². The summed E-state index contributed by atoms with van der Waals surface area (Å²) in [7, 11) is 0. The summed E-state index contributed by atoms with van der Waals surface area (Å²) in [5.41, 5.74) is 2.91. The number of imidazole rings is 1. The van der Waals surface area contributed by atoms with Gasteiger partial charge in [-0.15, -0.1) is 0 Å². The number of hydrogen-bond acceptors (Lipinski definition) is 4. The first-order valence-corrected chi connectivity index (χ1v) is 9.42.